The van der Waals surface area contributed by atoms with Crippen molar-refractivity contribution in [3.63, 3.8) is 0 Å². The summed E-state index contributed by atoms with van der Waals surface area (Å²) in [4.78, 5) is 49.0. The molecule has 0 unspecified atom stereocenters. The summed E-state index contributed by atoms with van der Waals surface area (Å²) in [6.45, 7) is 7.82. The summed E-state index contributed by atoms with van der Waals surface area (Å²) in [6.07, 6.45) is 2.16. The molecule has 44 heavy (non-hydrogen) atoms. The maximum atomic E-state index is 14.2. The number of halogens is 2. The second-order valence-corrected chi connectivity index (χ2v) is 12.1. The summed E-state index contributed by atoms with van der Waals surface area (Å²) in [7, 11) is 1.56. The van der Waals surface area contributed by atoms with E-state index in [2.05, 4.69) is 15.5 Å². The SMILES string of the molecule is CNC(=O)[C@@H]1CN([C@H](C)c2ccc(-c3c(C)noc3C)nc2)C(=O)c2c3c(nn21)C[C@@H](C)N(C(=O)c1ccc(Cl)c(Cl)c1)C3. The summed E-state index contributed by atoms with van der Waals surface area (Å²) < 4.78 is 6.83. The zero-order chi connectivity index (χ0) is 31.4. The third kappa shape index (κ3) is 4.93. The van der Waals surface area contributed by atoms with Gasteiger partial charge < -0.3 is 19.6 Å². The average Bonchev–Trinajstić information content (AvgIpc) is 3.55. The number of aryl methyl sites for hydroxylation is 2. The molecule has 3 aromatic heterocycles. The van der Waals surface area contributed by atoms with Gasteiger partial charge in [-0.05, 0) is 57.5 Å². The van der Waals surface area contributed by atoms with Crippen molar-refractivity contribution in [2.24, 2.45) is 0 Å². The van der Waals surface area contributed by atoms with Crippen molar-refractivity contribution in [2.75, 3.05) is 13.6 Å². The second-order valence-electron chi connectivity index (χ2n) is 11.3. The molecule has 0 saturated heterocycles. The third-order valence-corrected chi connectivity index (χ3v) is 9.31. The quantitative estimate of drug-likeness (QED) is 0.329. The summed E-state index contributed by atoms with van der Waals surface area (Å²) >= 11 is 12.3. The maximum Gasteiger partial charge on any atom is 0.273 e. The zero-order valence-electron chi connectivity index (χ0n) is 24.9. The van der Waals surface area contributed by atoms with Gasteiger partial charge in [-0.25, -0.2) is 4.68 Å². The highest BCUT2D eigenvalue weighted by Gasteiger charge is 2.43. The number of likely N-dealkylation sites (N-methyl/N-ethyl adjacent to an activating group) is 1. The Balaban J connectivity index is 1.34. The molecule has 228 valence electrons. The molecule has 0 saturated carbocycles. The van der Waals surface area contributed by atoms with Crippen LogP contribution in [0.2, 0.25) is 10.0 Å². The van der Waals surface area contributed by atoms with Crippen LogP contribution in [0.3, 0.4) is 0 Å². The molecule has 2 aliphatic heterocycles. The number of carbonyl (C=O) groups is 3. The predicted molar refractivity (Wildman–Crippen MR) is 163 cm³/mol. The Kier molecular flexibility index (Phi) is 7.71. The van der Waals surface area contributed by atoms with Gasteiger partial charge in [0.05, 0.1) is 51.8 Å². The van der Waals surface area contributed by atoms with E-state index in [4.69, 9.17) is 32.8 Å². The van der Waals surface area contributed by atoms with Crippen LogP contribution >= 0.6 is 23.2 Å². The Bertz CT molecular complexity index is 1780. The normalized spacial score (nSPS) is 18.6. The van der Waals surface area contributed by atoms with Crippen molar-refractivity contribution < 1.29 is 18.9 Å². The first-order chi connectivity index (χ1) is 21.0. The van der Waals surface area contributed by atoms with Gasteiger partial charge in [-0.15, -0.1) is 0 Å². The minimum atomic E-state index is -0.746. The number of carbonyl (C=O) groups excluding carboxylic acids is 3. The van der Waals surface area contributed by atoms with Gasteiger partial charge >= 0.3 is 0 Å². The molecule has 1 N–H and O–H groups in total. The lowest BCUT2D eigenvalue weighted by molar-refractivity contribution is -0.125. The van der Waals surface area contributed by atoms with Gasteiger partial charge in [-0.3, -0.25) is 19.4 Å². The van der Waals surface area contributed by atoms with Crippen molar-refractivity contribution >= 4 is 40.9 Å². The van der Waals surface area contributed by atoms with Crippen LogP contribution in [0.5, 0.6) is 0 Å². The van der Waals surface area contributed by atoms with Crippen LogP contribution < -0.4 is 5.32 Å². The lowest BCUT2D eigenvalue weighted by Crippen LogP contribution is -2.49. The number of rotatable bonds is 5. The van der Waals surface area contributed by atoms with E-state index in [1.54, 1.807) is 41.2 Å². The summed E-state index contributed by atoms with van der Waals surface area (Å²) in [5.74, 6) is -0.0888. The number of pyridine rings is 1. The van der Waals surface area contributed by atoms with E-state index in [1.165, 1.54) is 4.68 Å². The Morgan fingerprint density at radius 2 is 1.91 bits per heavy atom. The van der Waals surface area contributed by atoms with Gasteiger partial charge in [0.2, 0.25) is 5.91 Å². The average molecular weight is 637 g/mol. The van der Waals surface area contributed by atoms with Crippen molar-refractivity contribution in [1.29, 1.82) is 0 Å². The minimum Gasteiger partial charge on any atom is -0.361 e. The molecular formula is C31H31Cl2N7O4. The van der Waals surface area contributed by atoms with Crippen LogP contribution in [0.1, 0.15) is 75.1 Å². The monoisotopic (exact) mass is 635 g/mol. The van der Waals surface area contributed by atoms with Crippen molar-refractivity contribution in [3.8, 4) is 11.3 Å². The maximum absolute atomic E-state index is 14.2. The highest BCUT2D eigenvalue weighted by Crippen LogP contribution is 2.36. The fourth-order valence-electron chi connectivity index (χ4n) is 6.09. The van der Waals surface area contributed by atoms with Gasteiger partial charge in [0.25, 0.3) is 11.8 Å². The molecule has 11 nitrogen and oxygen atoms in total. The van der Waals surface area contributed by atoms with Crippen LogP contribution in [0, 0.1) is 13.8 Å². The van der Waals surface area contributed by atoms with Gasteiger partial charge in [-0.1, -0.05) is 34.4 Å². The topological polar surface area (TPSA) is 126 Å². The summed E-state index contributed by atoms with van der Waals surface area (Å²) in [6, 6.07) is 7.21. The Morgan fingerprint density at radius 3 is 2.55 bits per heavy atom. The van der Waals surface area contributed by atoms with Crippen LogP contribution in [0.4, 0.5) is 0 Å². The lowest BCUT2D eigenvalue weighted by atomic mass is 9.96. The number of aromatic nitrogens is 4. The Hall–Kier alpha value is -4.22. The van der Waals surface area contributed by atoms with E-state index in [1.807, 2.05) is 39.8 Å². The van der Waals surface area contributed by atoms with E-state index in [0.717, 1.165) is 22.5 Å². The van der Waals surface area contributed by atoms with E-state index < -0.39 is 12.1 Å². The molecule has 0 fully saturated rings. The number of hydrogen-bond donors (Lipinski definition) is 1. The molecule has 2 aliphatic rings. The number of hydrogen-bond acceptors (Lipinski definition) is 7. The summed E-state index contributed by atoms with van der Waals surface area (Å²) in [5, 5.41) is 12.1. The largest absolute Gasteiger partial charge is 0.361 e. The number of fused-ring (bicyclic) bond motifs is 3. The highest BCUT2D eigenvalue weighted by atomic mass is 35.5. The van der Waals surface area contributed by atoms with E-state index in [0.29, 0.717) is 39.7 Å². The van der Waals surface area contributed by atoms with E-state index in [9.17, 15) is 14.4 Å². The van der Waals surface area contributed by atoms with Gasteiger partial charge in [-0.2, -0.15) is 5.10 Å². The van der Waals surface area contributed by atoms with Gasteiger partial charge in [0.1, 0.15) is 17.5 Å². The minimum absolute atomic E-state index is 0.125. The molecule has 1 aromatic carbocycles. The molecule has 0 bridgehead atoms. The number of benzene rings is 1. The fraction of sp³-hybridized carbons (Fsp3) is 0.355. The Morgan fingerprint density at radius 1 is 1.14 bits per heavy atom. The Labute approximate surface area is 264 Å². The first kappa shape index (κ1) is 29.8. The van der Waals surface area contributed by atoms with Gasteiger partial charge in [0, 0.05) is 36.8 Å². The first-order valence-electron chi connectivity index (χ1n) is 14.3. The summed E-state index contributed by atoms with van der Waals surface area (Å²) in [5.41, 5.74) is 5.15. The van der Waals surface area contributed by atoms with Crippen LogP contribution in [-0.2, 0) is 17.8 Å². The van der Waals surface area contributed by atoms with E-state index >= 15 is 0 Å². The van der Waals surface area contributed by atoms with Crippen LogP contribution in [-0.4, -0.2) is 67.1 Å². The zero-order valence-corrected chi connectivity index (χ0v) is 26.4. The van der Waals surface area contributed by atoms with Gasteiger partial charge in [0.15, 0.2) is 0 Å². The standard InChI is InChI=1S/C31H31Cl2N7O4/c1-15-10-25-21(13-38(15)30(42)19-6-8-22(32)23(33)11-19)28-31(43)39(14-26(29(41)34-5)40(28)36-25)17(3)20-7-9-24(35-12-20)27-16(2)37-44-18(27)4/h6-9,11-12,15,17,26H,10,13-14H2,1-5H3,(H,34,41)/t15-,17-,26+/m1/s1. The fourth-order valence-corrected chi connectivity index (χ4v) is 6.39. The predicted octanol–water partition coefficient (Wildman–Crippen LogP) is 4.95. The van der Waals surface area contributed by atoms with Crippen molar-refractivity contribution in [3.05, 3.63) is 86.1 Å². The van der Waals surface area contributed by atoms with Crippen molar-refractivity contribution in [1.82, 2.24) is 35.0 Å². The van der Waals surface area contributed by atoms with E-state index in [-0.39, 0.29) is 41.9 Å². The number of nitrogens with zero attached hydrogens (tertiary/aromatic N) is 6. The molecule has 5 heterocycles. The molecule has 0 aliphatic carbocycles. The molecule has 6 rings (SSSR count). The number of nitrogens with one attached hydrogen (secondary N) is 1. The van der Waals surface area contributed by atoms with Crippen molar-refractivity contribution in [2.45, 2.75) is 58.8 Å². The van der Waals surface area contributed by atoms with Crippen LogP contribution in [0.15, 0.2) is 41.1 Å². The smallest absolute Gasteiger partial charge is 0.273 e. The molecule has 13 heteroatoms. The molecule has 3 atom stereocenters. The number of amides is 3. The van der Waals surface area contributed by atoms with Crippen LogP contribution in [0.25, 0.3) is 11.3 Å². The molecule has 3 amide bonds. The first-order valence-corrected chi connectivity index (χ1v) is 15.0. The lowest BCUT2D eigenvalue weighted by Gasteiger charge is -2.38. The third-order valence-electron chi connectivity index (χ3n) is 8.57. The molecular weight excluding hydrogens is 605 g/mol. The second kappa shape index (κ2) is 11.4. The highest BCUT2D eigenvalue weighted by molar-refractivity contribution is 6.42. The molecule has 0 spiro atoms. The molecule has 0 radical (unpaired) electrons. The molecule has 4 aromatic rings.